The molecular formula is C28H31Cl2N3O5S2. The first-order chi connectivity index (χ1) is 19.0. The maximum atomic E-state index is 12.8. The molecule has 4 N–H and O–H groups in total. The van der Waals surface area contributed by atoms with Gasteiger partial charge in [-0.2, -0.15) is 12.6 Å². The fraction of sp³-hybridized carbons (Fsp3) is 0.286. The van der Waals surface area contributed by atoms with Crippen LogP contribution in [0.4, 0.5) is 0 Å². The molecular weight excluding hydrogens is 593 g/mol. The van der Waals surface area contributed by atoms with Crippen LogP contribution in [0.2, 0.25) is 10.0 Å². The van der Waals surface area contributed by atoms with Crippen molar-refractivity contribution in [2.24, 2.45) is 0 Å². The monoisotopic (exact) mass is 623 g/mol. The van der Waals surface area contributed by atoms with Gasteiger partial charge in [-0.15, -0.1) is 0 Å². The third-order valence-corrected chi connectivity index (χ3v) is 8.19. The van der Waals surface area contributed by atoms with E-state index in [-0.39, 0.29) is 22.5 Å². The first kappa shape index (κ1) is 31.9. The van der Waals surface area contributed by atoms with Crippen LogP contribution in [0.3, 0.4) is 0 Å². The van der Waals surface area contributed by atoms with E-state index in [1.54, 1.807) is 30.3 Å². The molecule has 0 heterocycles. The van der Waals surface area contributed by atoms with Crippen molar-refractivity contribution in [1.82, 2.24) is 15.4 Å². The number of sulfonamides is 1. The predicted octanol–water partition coefficient (Wildman–Crippen LogP) is 3.98. The summed E-state index contributed by atoms with van der Waals surface area (Å²) >= 11 is 17.1. The van der Waals surface area contributed by atoms with Crippen LogP contribution in [0.5, 0.6) is 0 Å². The van der Waals surface area contributed by atoms with Crippen LogP contribution in [0, 0.1) is 0 Å². The molecule has 40 heavy (non-hydrogen) atoms. The molecule has 214 valence electrons. The van der Waals surface area contributed by atoms with Crippen LogP contribution in [-0.2, 0) is 32.6 Å². The van der Waals surface area contributed by atoms with Crippen molar-refractivity contribution >= 4 is 57.7 Å². The summed E-state index contributed by atoms with van der Waals surface area (Å²) in [6.45, 7) is 2.50. The molecule has 0 fully saturated rings. The zero-order valence-corrected chi connectivity index (χ0v) is 25.0. The Morgan fingerprint density at radius 2 is 1.73 bits per heavy atom. The van der Waals surface area contributed by atoms with E-state index in [4.69, 9.17) is 23.2 Å². The second-order valence-electron chi connectivity index (χ2n) is 9.17. The van der Waals surface area contributed by atoms with Gasteiger partial charge in [0.05, 0.1) is 4.90 Å². The molecule has 0 radical (unpaired) electrons. The molecule has 0 aromatic heterocycles. The Kier molecular flexibility index (Phi) is 11.9. The van der Waals surface area contributed by atoms with Gasteiger partial charge in [-0.3, -0.25) is 9.59 Å². The SMILES string of the molecule is C[C@H](O)C(=O)NS(=O)(=O)c1ccccc1-c1ccc(CNCCC(=O)NC[C@H](S)Cc2cccc(Cl)c2)cc1Cl. The number of carbonyl (C=O) groups excluding carboxylic acids is 2. The summed E-state index contributed by atoms with van der Waals surface area (Å²) in [5.41, 5.74) is 2.68. The van der Waals surface area contributed by atoms with Gasteiger partial charge in [-0.05, 0) is 48.7 Å². The molecule has 0 saturated heterocycles. The van der Waals surface area contributed by atoms with Crippen LogP contribution < -0.4 is 15.4 Å². The number of hydrogen-bond acceptors (Lipinski definition) is 7. The van der Waals surface area contributed by atoms with Gasteiger partial charge in [0.25, 0.3) is 15.9 Å². The van der Waals surface area contributed by atoms with Crippen molar-refractivity contribution in [2.75, 3.05) is 13.1 Å². The molecule has 0 saturated carbocycles. The summed E-state index contributed by atoms with van der Waals surface area (Å²) in [5.74, 6) is -1.12. The average Bonchev–Trinajstić information content (AvgIpc) is 2.90. The van der Waals surface area contributed by atoms with Crippen LogP contribution in [0.1, 0.15) is 24.5 Å². The van der Waals surface area contributed by atoms with Crippen molar-refractivity contribution in [2.45, 2.75) is 42.6 Å². The lowest BCUT2D eigenvalue weighted by Gasteiger charge is -2.14. The first-order valence-electron chi connectivity index (χ1n) is 12.5. The predicted molar refractivity (Wildman–Crippen MR) is 161 cm³/mol. The topological polar surface area (TPSA) is 125 Å². The number of amides is 2. The Hall–Kier alpha value is -2.60. The van der Waals surface area contributed by atoms with Crippen molar-refractivity contribution in [3.63, 3.8) is 0 Å². The quantitative estimate of drug-likeness (QED) is 0.145. The molecule has 0 aliphatic rings. The molecule has 3 aromatic carbocycles. The Morgan fingerprint density at radius 3 is 2.42 bits per heavy atom. The minimum atomic E-state index is -4.24. The Bertz CT molecular complexity index is 1450. The normalized spacial score (nSPS) is 12.9. The lowest BCUT2D eigenvalue weighted by Crippen LogP contribution is -2.37. The third-order valence-electron chi connectivity index (χ3n) is 5.87. The number of thiol groups is 1. The molecule has 8 nitrogen and oxygen atoms in total. The fourth-order valence-electron chi connectivity index (χ4n) is 3.85. The van der Waals surface area contributed by atoms with Gasteiger partial charge >= 0.3 is 0 Å². The van der Waals surface area contributed by atoms with Crippen molar-refractivity contribution in [3.8, 4) is 11.1 Å². The number of aliphatic hydroxyl groups excluding tert-OH is 1. The largest absolute Gasteiger partial charge is 0.384 e. The highest BCUT2D eigenvalue weighted by atomic mass is 35.5. The minimum absolute atomic E-state index is 0.0364. The second kappa shape index (κ2) is 14.9. The molecule has 0 spiro atoms. The summed E-state index contributed by atoms with van der Waals surface area (Å²) in [7, 11) is -4.24. The van der Waals surface area contributed by atoms with E-state index in [2.05, 4.69) is 23.3 Å². The highest BCUT2D eigenvalue weighted by molar-refractivity contribution is 7.90. The van der Waals surface area contributed by atoms with E-state index in [0.29, 0.717) is 47.2 Å². The highest BCUT2D eigenvalue weighted by Gasteiger charge is 2.24. The number of aliphatic hydroxyl groups is 1. The maximum absolute atomic E-state index is 12.8. The number of nitrogens with one attached hydrogen (secondary N) is 3. The molecule has 2 amide bonds. The second-order valence-corrected chi connectivity index (χ2v) is 12.4. The summed E-state index contributed by atoms with van der Waals surface area (Å²) in [6, 6.07) is 18.9. The molecule has 0 aliphatic heterocycles. The van der Waals surface area contributed by atoms with Gasteiger partial charge in [-0.1, -0.05) is 65.7 Å². The average molecular weight is 625 g/mol. The summed E-state index contributed by atoms with van der Waals surface area (Å²) in [6.07, 6.45) is -0.512. The van der Waals surface area contributed by atoms with Gasteiger partial charge < -0.3 is 15.7 Å². The van der Waals surface area contributed by atoms with Gasteiger partial charge in [-0.25, -0.2) is 13.1 Å². The molecule has 12 heteroatoms. The maximum Gasteiger partial charge on any atom is 0.264 e. The first-order valence-corrected chi connectivity index (χ1v) is 15.2. The van der Waals surface area contributed by atoms with E-state index >= 15 is 0 Å². The Labute approximate surface area is 249 Å². The molecule has 0 bridgehead atoms. The molecule has 3 rings (SSSR count). The number of carbonyl (C=O) groups is 2. The van der Waals surface area contributed by atoms with Crippen LogP contribution in [-0.4, -0.2) is 49.8 Å². The van der Waals surface area contributed by atoms with Gasteiger partial charge in [0.2, 0.25) is 5.91 Å². The van der Waals surface area contributed by atoms with Crippen molar-refractivity contribution in [3.05, 3.63) is 87.9 Å². The number of hydrogen-bond donors (Lipinski definition) is 5. The Balaban J connectivity index is 1.51. The smallest absolute Gasteiger partial charge is 0.264 e. The van der Waals surface area contributed by atoms with Crippen molar-refractivity contribution in [1.29, 1.82) is 0 Å². The van der Waals surface area contributed by atoms with Crippen LogP contribution in [0.15, 0.2) is 71.6 Å². The fourth-order valence-corrected chi connectivity index (χ4v) is 5.94. The highest BCUT2D eigenvalue weighted by Crippen LogP contribution is 2.33. The zero-order chi connectivity index (χ0) is 29.3. The zero-order valence-electron chi connectivity index (χ0n) is 21.7. The van der Waals surface area contributed by atoms with E-state index in [1.165, 1.54) is 19.1 Å². The van der Waals surface area contributed by atoms with Crippen LogP contribution in [0.25, 0.3) is 11.1 Å². The molecule has 0 aliphatic carbocycles. The minimum Gasteiger partial charge on any atom is -0.384 e. The molecule has 2 atom stereocenters. The third kappa shape index (κ3) is 9.50. The standard InChI is InChI=1S/C28H31Cl2N3O5S2/c1-18(34)28(36)33-40(37,38)26-8-3-2-7-24(26)23-10-9-20(15-25(23)30)16-31-12-11-27(35)32-17-22(39)14-19-5-4-6-21(29)13-19/h2-10,13,15,18,22,31,34,39H,11-12,14,16-17H2,1H3,(H,32,35)(H,33,36)/t18-,22+/m0/s1. The van der Waals surface area contributed by atoms with Crippen LogP contribution >= 0.6 is 35.8 Å². The number of halogens is 2. The lowest BCUT2D eigenvalue weighted by molar-refractivity contribution is -0.126. The number of benzene rings is 3. The van der Waals surface area contributed by atoms with Crippen molar-refractivity contribution < 1.29 is 23.1 Å². The van der Waals surface area contributed by atoms with Gasteiger partial charge in [0, 0.05) is 52.5 Å². The summed E-state index contributed by atoms with van der Waals surface area (Å²) in [5, 5.41) is 16.4. The summed E-state index contributed by atoms with van der Waals surface area (Å²) in [4.78, 5) is 23.9. The summed E-state index contributed by atoms with van der Waals surface area (Å²) < 4.78 is 27.5. The molecule has 0 unspecified atom stereocenters. The van der Waals surface area contributed by atoms with E-state index in [0.717, 1.165) is 11.1 Å². The molecule has 3 aromatic rings. The van der Waals surface area contributed by atoms with E-state index in [1.807, 2.05) is 29.0 Å². The number of rotatable bonds is 13. The van der Waals surface area contributed by atoms with Gasteiger partial charge in [0.15, 0.2) is 0 Å². The Morgan fingerprint density at radius 1 is 0.975 bits per heavy atom. The lowest BCUT2D eigenvalue weighted by atomic mass is 10.0. The van der Waals surface area contributed by atoms with Gasteiger partial charge in [0.1, 0.15) is 6.10 Å². The van der Waals surface area contributed by atoms with E-state index in [9.17, 15) is 23.1 Å². The van der Waals surface area contributed by atoms with E-state index < -0.39 is 22.0 Å².